The monoisotopic (exact) mass is 358 g/mol. The molecule has 0 aromatic carbocycles. The minimum atomic E-state index is -4.44. The second kappa shape index (κ2) is 7.47. The van der Waals surface area contributed by atoms with Gasteiger partial charge in [0.1, 0.15) is 11.5 Å². The van der Waals surface area contributed by atoms with Crippen molar-refractivity contribution >= 4 is 6.03 Å². The number of carbonyl (C=O) groups is 1. The summed E-state index contributed by atoms with van der Waals surface area (Å²) in [6, 6.07) is -0.195. The van der Waals surface area contributed by atoms with E-state index in [0.717, 1.165) is 24.6 Å². The van der Waals surface area contributed by atoms with Gasteiger partial charge in [-0.1, -0.05) is 11.6 Å². The van der Waals surface area contributed by atoms with Crippen molar-refractivity contribution in [3.8, 4) is 0 Å². The number of hydrogen-bond acceptors (Lipinski definition) is 3. The predicted molar refractivity (Wildman–Crippen MR) is 84.1 cm³/mol. The van der Waals surface area contributed by atoms with Gasteiger partial charge in [0.15, 0.2) is 0 Å². The lowest BCUT2D eigenvalue weighted by Gasteiger charge is -2.32. The fraction of sp³-hybridized carbons (Fsp3) is 0.625. The van der Waals surface area contributed by atoms with Crippen molar-refractivity contribution in [2.45, 2.75) is 31.4 Å². The summed E-state index contributed by atoms with van der Waals surface area (Å²) in [7, 11) is 0. The first-order chi connectivity index (χ1) is 11.9. The van der Waals surface area contributed by atoms with Crippen LogP contribution in [0.3, 0.4) is 0 Å². The van der Waals surface area contributed by atoms with Crippen molar-refractivity contribution in [3.63, 3.8) is 0 Å². The van der Waals surface area contributed by atoms with E-state index in [1.807, 2.05) is 6.08 Å². The summed E-state index contributed by atoms with van der Waals surface area (Å²) in [5, 5.41) is 2.88. The van der Waals surface area contributed by atoms with Crippen LogP contribution in [-0.4, -0.2) is 53.7 Å². The van der Waals surface area contributed by atoms with Gasteiger partial charge in [0.05, 0.1) is 19.4 Å². The number of nitrogens with zero attached hydrogens (tertiary/aromatic N) is 2. The van der Waals surface area contributed by atoms with Gasteiger partial charge in [-0.25, -0.2) is 9.78 Å². The summed E-state index contributed by atoms with van der Waals surface area (Å²) in [5.74, 6) is 0.0786. The van der Waals surface area contributed by atoms with E-state index in [4.69, 9.17) is 4.74 Å². The molecule has 2 N–H and O–H groups in total. The van der Waals surface area contributed by atoms with Gasteiger partial charge in [-0.3, -0.25) is 0 Å². The largest absolute Gasteiger partial charge is 0.432 e. The Hall–Kier alpha value is -2.03. The number of halogens is 3. The second-order valence-electron chi connectivity index (χ2n) is 6.31. The highest BCUT2D eigenvalue weighted by molar-refractivity contribution is 5.74. The fourth-order valence-electron chi connectivity index (χ4n) is 3.10. The van der Waals surface area contributed by atoms with Crippen LogP contribution in [0, 0.1) is 0 Å². The van der Waals surface area contributed by atoms with Crippen LogP contribution in [-0.2, 0) is 10.9 Å². The molecule has 0 aliphatic carbocycles. The number of aromatic nitrogens is 2. The highest BCUT2D eigenvalue weighted by Crippen LogP contribution is 2.31. The zero-order valence-corrected chi connectivity index (χ0v) is 13.7. The van der Waals surface area contributed by atoms with E-state index in [2.05, 4.69) is 15.3 Å². The number of piperidine rings is 1. The number of urea groups is 1. The van der Waals surface area contributed by atoms with E-state index in [1.165, 1.54) is 0 Å². The van der Waals surface area contributed by atoms with E-state index in [-0.39, 0.29) is 17.8 Å². The van der Waals surface area contributed by atoms with Gasteiger partial charge in [0.2, 0.25) is 0 Å². The molecule has 1 fully saturated rings. The molecule has 138 valence electrons. The minimum absolute atomic E-state index is 0.195. The Balaban J connectivity index is 1.56. The first-order valence-electron chi connectivity index (χ1n) is 8.34. The molecule has 3 heterocycles. The lowest BCUT2D eigenvalue weighted by Crippen LogP contribution is -2.45. The summed E-state index contributed by atoms with van der Waals surface area (Å²) in [5.41, 5.74) is 0.282. The number of H-pyrrole nitrogens is 1. The molecule has 1 saturated heterocycles. The molecule has 1 aromatic heterocycles. The first kappa shape index (κ1) is 17.8. The van der Waals surface area contributed by atoms with Crippen LogP contribution in [0.4, 0.5) is 18.0 Å². The molecule has 3 rings (SSSR count). The van der Waals surface area contributed by atoms with Gasteiger partial charge < -0.3 is 19.9 Å². The average Bonchev–Trinajstić information content (AvgIpc) is 3.11. The standard InChI is InChI=1S/C16H21F3N4O2/c17-16(18,19)13-9-20-14(22-13)12-2-1-5-23(10-12)15(24)21-8-11-3-6-25-7-4-11/h3,9,12H,1-2,4-8,10H2,(H,20,22)(H,21,24). The number of hydrogen-bond donors (Lipinski definition) is 2. The van der Waals surface area contributed by atoms with E-state index in [1.54, 1.807) is 4.90 Å². The topological polar surface area (TPSA) is 70.2 Å². The van der Waals surface area contributed by atoms with Gasteiger partial charge in [-0.05, 0) is 19.3 Å². The maximum absolute atomic E-state index is 12.7. The number of imidazole rings is 1. The van der Waals surface area contributed by atoms with Gasteiger partial charge in [0, 0.05) is 25.6 Å². The molecular weight excluding hydrogens is 337 g/mol. The zero-order valence-electron chi connectivity index (χ0n) is 13.7. The molecule has 2 aliphatic heterocycles. The van der Waals surface area contributed by atoms with Crippen LogP contribution in [0.25, 0.3) is 0 Å². The normalized spacial score (nSPS) is 21.8. The quantitative estimate of drug-likeness (QED) is 0.816. The maximum atomic E-state index is 12.7. The Morgan fingerprint density at radius 1 is 1.48 bits per heavy atom. The summed E-state index contributed by atoms with van der Waals surface area (Å²) in [6.45, 7) is 2.66. The molecule has 0 radical (unpaired) electrons. The van der Waals surface area contributed by atoms with Crippen molar-refractivity contribution in [2.24, 2.45) is 0 Å². The third kappa shape index (κ3) is 4.53. The highest BCUT2D eigenvalue weighted by Gasteiger charge is 2.34. The molecule has 25 heavy (non-hydrogen) atoms. The summed E-state index contributed by atoms with van der Waals surface area (Å²) in [6.07, 6.45) is 0.577. The Morgan fingerprint density at radius 2 is 2.32 bits per heavy atom. The molecule has 6 nitrogen and oxygen atoms in total. The summed E-state index contributed by atoms with van der Waals surface area (Å²) >= 11 is 0. The molecular formula is C16H21F3N4O2. The Bertz CT molecular complexity index is 642. The van der Waals surface area contributed by atoms with E-state index < -0.39 is 11.9 Å². The second-order valence-corrected chi connectivity index (χ2v) is 6.31. The van der Waals surface area contributed by atoms with Crippen LogP contribution in [0.15, 0.2) is 17.8 Å². The summed E-state index contributed by atoms with van der Waals surface area (Å²) in [4.78, 5) is 20.2. The Kier molecular flexibility index (Phi) is 5.31. The number of nitrogens with one attached hydrogen (secondary N) is 2. The third-order valence-electron chi connectivity index (χ3n) is 4.52. The lowest BCUT2D eigenvalue weighted by molar-refractivity contribution is -0.141. The number of likely N-dealkylation sites (tertiary alicyclic amines) is 1. The fourth-order valence-corrected chi connectivity index (χ4v) is 3.10. The number of carbonyl (C=O) groups excluding carboxylic acids is 1. The van der Waals surface area contributed by atoms with Crippen molar-refractivity contribution in [2.75, 3.05) is 32.8 Å². The molecule has 0 saturated carbocycles. The van der Waals surface area contributed by atoms with Crippen LogP contribution >= 0.6 is 0 Å². The SMILES string of the molecule is O=C(NCC1=CCOCC1)N1CCCC(c2ncc(C(F)(F)F)[nH]2)C1. The molecule has 1 unspecified atom stereocenters. The van der Waals surface area contributed by atoms with Gasteiger partial charge in [-0.15, -0.1) is 0 Å². The smallest absolute Gasteiger partial charge is 0.377 e. The van der Waals surface area contributed by atoms with Crippen LogP contribution in [0.2, 0.25) is 0 Å². The third-order valence-corrected chi connectivity index (χ3v) is 4.52. The number of aromatic amines is 1. The van der Waals surface area contributed by atoms with Crippen LogP contribution in [0.1, 0.15) is 36.7 Å². The molecule has 2 aliphatic rings. The van der Waals surface area contributed by atoms with Gasteiger partial charge in [-0.2, -0.15) is 13.2 Å². The Morgan fingerprint density at radius 3 is 3.00 bits per heavy atom. The maximum Gasteiger partial charge on any atom is 0.432 e. The van der Waals surface area contributed by atoms with Crippen molar-refractivity contribution < 1.29 is 22.7 Å². The summed E-state index contributed by atoms with van der Waals surface area (Å²) < 4.78 is 43.3. The van der Waals surface area contributed by atoms with E-state index in [0.29, 0.717) is 39.3 Å². The predicted octanol–water partition coefficient (Wildman–Crippen LogP) is 2.66. The number of rotatable bonds is 3. The molecule has 1 atom stereocenters. The van der Waals surface area contributed by atoms with Crippen molar-refractivity contribution in [1.29, 1.82) is 0 Å². The first-order valence-corrected chi connectivity index (χ1v) is 8.34. The molecule has 9 heteroatoms. The van der Waals surface area contributed by atoms with E-state index >= 15 is 0 Å². The molecule has 0 bridgehead atoms. The number of ether oxygens (including phenoxy) is 1. The van der Waals surface area contributed by atoms with Gasteiger partial charge in [0.25, 0.3) is 0 Å². The van der Waals surface area contributed by atoms with E-state index in [9.17, 15) is 18.0 Å². The van der Waals surface area contributed by atoms with Crippen LogP contribution in [0.5, 0.6) is 0 Å². The van der Waals surface area contributed by atoms with Crippen molar-refractivity contribution in [1.82, 2.24) is 20.2 Å². The Labute approximate surface area is 143 Å². The molecule has 2 amide bonds. The van der Waals surface area contributed by atoms with Crippen LogP contribution < -0.4 is 5.32 Å². The molecule has 1 aromatic rings. The minimum Gasteiger partial charge on any atom is -0.377 e. The van der Waals surface area contributed by atoms with Crippen molar-refractivity contribution in [3.05, 3.63) is 29.4 Å². The number of amides is 2. The molecule has 0 spiro atoms. The number of alkyl halides is 3. The average molecular weight is 358 g/mol. The zero-order chi connectivity index (χ0) is 17.9. The highest BCUT2D eigenvalue weighted by atomic mass is 19.4. The lowest BCUT2D eigenvalue weighted by atomic mass is 9.97. The van der Waals surface area contributed by atoms with Gasteiger partial charge >= 0.3 is 12.2 Å².